The lowest BCUT2D eigenvalue weighted by molar-refractivity contribution is -0.117. The van der Waals surface area contributed by atoms with Crippen LogP contribution in [0, 0.1) is 5.82 Å². The largest absolute Gasteiger partial charge is 0.350 e. The minimum atomic E-state index is -0.608. The van der Waals surface area contributed by atoms with E-state index in [9.17, 15) is 14.0 Å². The van der Waals surface area contributed by atoms with E-state index in [1.807, 2.05) is 0 Å². The van der Waals surface area contributed by atoms with Crippen molar-refractivity contribution in [2.24, 2.45) is 0 Å². The van der Waals surface area contributed by atoms with Crippen molar-refractivity contribution in [3.05, 3.63) is 87.1 Å². The van der Waals surface area contributed by atoms with Gasteiger partial charge in [0.25, 0.3) is 5.89 Å². The summed E-state index contributed by atoms with van der Waals surface area (Å²) in [6, 6.07) is 14.0. The molecule has 0 bridgehead atoms. The number of rotatable bonds is 5. The number of carbonyl (C=O) groups excluding carboxylic acids is 1. The number of benzene rings is 2. The highest BCUT2D eigenvalue weighted by atomic mass is 35.5. The van der Waals surface area contributed by atoms with Crippen molar-refractivity contribution in [2.75, 3.05) is 5.32 Å². The number of anilines is 1. The van der Waals surface area contributed by atoms with Crippen LogP contribution in [0.15, 0.2) is 70.1 Å². The quantitative estimate of drug-likeness (QED) is 0.387. The maximum atomic E-state index is 13.3. The van der Waals surface area contributed by atoms with Crippen molar-refractivity contribution in [3.8, 4) is 22.8 Å². The Hall–Kier alpha value is -4.02. The van der Waals surface area contributed by atoms with Crippen molar-refractivity contribution in [2.45, 2.75) is 6.54 Å². The monoisotopic (exact) mass is 498 g/mol. The fourth-order valence-corrected chi connectivity index (χ4v) is 3.67. The smallest absolute Gasteiger partial charge is 0.333 e. The Morgan fingerprint density at radius 1 is 1.12 bits per heavy atom. The van der Waals surface area contributed by atoms with E-state index in [0.29, 0.717) is 22.0 Å². The number of hydrogen-bond acceptors (Lipinski definition) is 6. The Morgan fingerprint density at radius 2 is 1.97 bits per heavy atom. The summed E-state index contributed by atoms with van der Waals surface area (Å²) >= 11 is 11.8. The van der Waals surface area contributed by atoms with Crippen LogP contribution >= 0.6 is 23.2 Å². The summed E-state index contributed by atoms with van der Waals surface area (Å²) in [5.74, 6) is -0.694. The third-order valence-corrected chi connectivity index (χ3v) is 5.37. The molecule has 0 saturated carbocycles. The highest BCUT2D eigenvalue weighted by molar-refractivity contribution is 6.31. The summed E-state index contributed by atoms with van der Waals surface area (Å²) in [7, 11) is 0. The number of pyridine rings is 1. The predicted molar refractivity (Wildman–Crippen MR) is 123 cm³/mol. The normalized spacial score (nSPS) is 11.1. The molecule has 5 aromatic rings. The Bertz CT molecular complexity index is 1610. The first kappa shape index (κ1) is 21.8. The number of fused-ring (bicyclic) bond motifs is 1. The summed E-state index contributed by atoms with van der Waals surface area (Å²) in [4.78, 5) is 29.6. The van der Waals surface area contributed by atoms with E-state index in [4.69, 9.17) is 27.7 Å². The van der Waals surface area contributed by atoms with Gasteiger partial charge in [-0.15, -0.1) is 5.10 Å². The maximum Gasteiger partial charge on any atom is 0.350 e. The number of nitrogens with zero attached hydrogens (tertiary/aromatic N) is 5. The van der Waals surface area contributed by atoms with Crippen LogP contribution in [-0.4, -0.2) is 30.2 Å². The third-order valence-electron chi connectivity index (χ3n) is 4.85. The van der Waals surface area contributed by atoms with Crippen LogP contribution in [0.3, 0.4) is 0 Å². The number of nitrogens with one attached hydrogen (secondary N) is 1. The van der Waals surface area contributed by atoms with Gasteiger partial charge >= 0.3 is 5.69 Å². The Morgan fingerprint density at radius 3 is 2.76 bits per heavy atom. The van der Waals surface area contributed by atoms with Crippen molar-refractivity contribution >= 4 is 40.4 Å². The zero-order valence-corrected chi connectivity index (χ0v) is 18.6. The summed E-state index contributed by atoms with van der Waals surface area (Å²) in [5, 5.41) is 11.2. The van der Waals surface area contributed by atoms with Gasteiger partial charge in [0.05, 0.1) is 10.6 Å². The minimum absolute atomic E-state index is 0.135. The molecule has 0 saturated heterocycles. The minimum Gasteiger partial charge on any atom is -0.333 e. The SMILES string of the molecule is O=C(Cn1nc2c(-c3nc(-c4cccc(Cl)c4)no3)cccn2c1=O)Nc1ccc(F)c(Cl)c1. The fourth-order valence-electron chi connectivity index (χ4n) is 3.30. The molecular formula is C22H13Cl2FN6O3. The van der Waals surface area contributed by atoms with Gasteiger partial charge in [-0.05, 0) is 42.5 Å². The van der Waals surface area contributed by atoms with Gasteiger partial charge in [-0.25, -0.2) is 18.3 Å². The van der Waals surface area contributed by atoms with Gasteiger partial charge in [-0.2, -0.15) is 4.98 Å². The van der Waals surface area contributed by atoms with E-state index in [1.54, 1.807) is 36.4 Å². The first-order chi connectivity index (χ1) is 16.4. The van der Waals surface area contributed by atoms with Gasteiger partial charge in [0.1, 0.15) is 12.4 Å². The van der Waals surface area contributed by atoms with Crippen LogP contribution in [0.2, 0.25) is 10.0 Å². The Labute approximate surface area is 200 Å². The molecule has 0 radical (unpaired) electrons. The molecule has 3 aromatic heterocycles. The average Bonchev–Trinajstić information content (AvgIpc) is 3.42. The van der Waals surface area contributed by atoms with E-state index in [2.05, 4.69) is 20.6 Å². The Balaban J connectivity index is 1.44. The molecule has 2 aromatic carbocycles. The molecule has 0 spiro atoms. The van der Waals surface area contributed by atoms with E-state index in [-0.39, 0.29) is 28.8 Å². The first-order valence-corrected chi connectivity index (χ1v) is 10.6. The molecule has 34 heavy (non-hydrogen) atoms. The van der Waals surface area contributed by atoms with Crippen LogP contribution < -0.4 is 11.0 Å². The Kier molecular flexibility index (Phi) is 5.60. The van der Waals surface area contributed by atoms with Crippen molar-refractivity contribution in [1.82, 2.24) is 24.3 Å². The van der Waals surface area contributed by atoms with E-state index in [0.717, 1.165) is 10.7 Å². The first-order valence-electron chi connectivity index (χ1n) is 9.82. The summed E-state index contributed by atoms with van der Waals surface area (Å²) in [6.45, 7) is -0.382. The lowest BCUT2D eigenvalue weighted by Gasteiger charge is -2.05. The molecule has 170 valence electrons. The molecule has 12 heteroatoms. The summed E-state index contributed by atoms with van der Waals surface area (Å²) in [5.41, 5.74) is 1.04. The third kappa shape index (κ3) is 4.16. The van der Waals surface area contributed by atoms with Crippen LogP contribution in [0.25, 0.3) is 28.5 Å². The zero-order valence-electron chi connectivity index (χ0n) is 17.1. The molecule has 1 N–H and O–H groups in total. The van der Waals surface area contributed by atoms with Crippen LogP contribution in [-0.2, 0) is 11.3 Å². The molecule has 0 atom stereocenters. The molecule has 0 aliphatic rings. The fraction of sp³-hybridized carbons (Fsp3) is 0.0455. The molecule has 3 heterocycles. The van der Waals surface area contributed by atoms with Crippen molar-refractivity contribution < 1.29 is 13.7 Å². The van der Waals surface area contributed by atoms with Gasteiger partial charge in [0, 0.05) is 22.5 Å². The van der Waals surface area contributed by atoms with Crippen molar-refractivity contribution in [1.29, 1.82) is 0 Å². The highest BCUT2D eigenvalue weighted by Crippen LogP contribution is 2.26. The van der Waals surface area contributed by atoms with Gasteiger partial charge in [0.15, 0.2) is 5.65 Å². The second-order valence-corrected chi connectivity index (χ2v) is 8.01. The van der Waals surface area contributed by atoms with E-state index >= 15 is 0 Å². The lowest BCUT2D eigenvalue weighted by atomic mass is 10.2. The average molecular weight is 499 g/mol. The van der Waals surface area contributed by atoms with E-state index < -0.39 is 17.4 Å². The second-order valence-electron chi connectivity index (χ2n) is 7.17. The standard InChI is InChI=1S/C22H13Cl2FN6O3/c23-13-4-1-3-12(9-13)19-27-21(34-29-19)15-5-2-8-30-20(15)28-31(22(30)33)11-18(32)26-14-6-7-17(25)16(24)10-14/h1-10H,11H2,(H,26,32). The molecule has 0 unspecified atom stereocenters. The highest BCUT2D eigenvalue weighted by Gasteiger charge is 2.19. The van der Waals surface area contributed by atoms with Crippen LogP contribution in [0.4, 0.5) is 10.1 Å². The predicted octanol–water partition coefficient (Wildman–Crippen LogP) is 4.30. The molecule has 9 nitrogen and oxygen atoms in total. The number of amides is 1. The molecule has 0 fully saturated rings. The number of carbonyl (C=O) groups is 1. The topological polar surface area (TPSA) is 107 Å². The van der Waals surface area contributed by atoms with Crippen LogP contribution in [0.1, 0.15) is 0 Å². The van der Waals surface area contributed by atoms with Gasteiger partial charge in [-0.1, -0.05) is 40.5 Å². The molecule has 0 aliphatic heterocycles. The lowest BCUT2D eigenvalue weighted by Crippen LogP contribution is -2.28. The molecular weight excluding hydrogens is 486 g/mol. The number of halogens is 3. The number of hydrogen-bond donors (Lipinski definition) is 1. The molecule has 0 aliphatic carbocycles. The second kappa shape index (κ2) is 8.73. The van der Waals surface area contributed by atoms with Gasteiger partial charge < -0.3 is 9.84 Å². The van der Waals surface area contributed by atoms with E-state index in [1.165, 1.54) is 22.7 Å². The maximum absolute atomic E-state index is 13.3. The summed E-state index contributed by atoms with van der Waals surface area (Å²) in [6.07, 6.45) is 1.51. The zero-order chi connectivity index (χ0) is 23.8. The van der Waals surface area contributed by atoms with Crippen LogP contribution in [0.5, 0.6) is 0 Å². The summed E-state index contributed by atoms with van der Waals surface area (Å²) < 4.78 is 21.0. The van der Waals surface area contributed by atoms with Crippen molar-refractivity contribution in [3.63, 3.8) is 0 Å². The van der Waals surface area contributed by atoms with Gasteiger partial charge in [-0.3, -0.25) is 4.79 Å². The number of aromatic nitrogens is 5. The molecule has 1 amide bonds. The molecule has 5 rings (SSSR count). The van der Waals surface area contributed by atoms with Gasteiger partial charge in [0.2, 0.25) is 11.7 Å².